The number of nitrogens with zero attached hydrogens (tertiary/aromatic N) is 4. The lowest BCUT2D eigenvalue weighted by Gasteiger charge is -2.32. The second kappa shape index (κ2) is 9.03. The molecule has 0 radical (unpaired) electrons. The first-order chi connectivity index (χ1) is 14.6. The maximum atomic E-state index is 13.0. The zero-order chi connectivity index (χ0) is 20.9. The third-order valence-corrected chi connectivity index (χ3v) is 5.61. The largest absolute Gasteiger partial charge is 0.356 e. The Morgan fingerprint density at radius 2 is 1.80 bits per heavy atom. The molecule has 6 heteroatoms. The first-order valence-electron chi connectivity index (χ1n) is 10.5. The second-order valence-corrected chi connectivity index (χ2v) is 8.00. The Morgan fingerprint density at radius 1 is 1.10 bits per heavy atom. The number of piperidine rings is 1. The fourth-order valence-electron chi connectivity index (χ4n) is 3.61. The van der Waals surface area contributed by atoms with Crippen LogP contribution in [0.5, 0.6) is 0 Å². The Hall–Kier alpha value is -3.28. The van der Waals surface area contributed by atoms with Gasteiger partial charge in [-0.05, 0) is 43.4 Å². The van der Waals surface area contributed by atoms with Gasteiger partial charge in [0.15, 0.2) is 5.82 Å². The molecule has 0 unspecified atom stereocenters. The lowest BCUT2D eigenvalue weighted by molar-refractivity contribution is 0.0950. The lowest BCUT2D eigenvalue weighted by Crippen LogP contribution is -2.36. The molecule has 6 nitrogen and oxygen atoms in total. The molecule has 0 saturated carbocycles. The Balaban J connectivity index is 1.62. The van der Waals surface area contributed by atoms with E-state index in [0.717, 1.165) is 42.9 Å². The number of pyridine rings is 1. The van der Waals surface area contributed by atoms with Gasteiger partial charge < -0.3 is 10.2 Å². The highest BCUT2D eigenvalue weighted by Gasteiger charge is 2.23. The van der Waals surface area contributed by atoms with Crippen molar-refractivity contribution in [3.63, 3.8) is 0 Å². The minimum Gasteiger partial charge on any atom is -0.356 e. The summed E-state index contributed by atoms with van der Waals surface area (Å²) in [6.45, 7) is 6.57. The Kier molecular flexibility index (Phi) is 6.02. The van der Waals surface area contributed by atoms with Crippen LogP contribution in [0.25, 0.3) is 11.4 Å². The minimum absolute atomic E-state index is 0.157. The predicted molar refractivity (Wildman–Crippen MR) is 118 cm³/mol. The zero-order valence-corrected chi connectivity index (χ0v) is 17.5. The van der Waals surface area contributed by atoms with Crippen molar-refractivity contribution in [3.05, 3.63) is 71.7 Å². The smallest absolute Gasteiger partial charge is 0.256 e. The molecule has 4 rings (SSSR count). The number of anilines is 1. The second-order valence-electron chi connectivity index (χ2n) is 8.00. The van der Waals surface area contributed by atoms with E-state index in [1.165, 1.54) is 5.56 Å². The molecule has 0 aliphatic carbocycles. The van der Waals surface area contributed by atoms with E-state index >= 15 is 0 Å². The quantitative estimate of drug-likeness (QED) is 0.699. The number of aryl methyl sites for hydroxylation is 1. The zero-order valence-electron chi connectivity index (χ0n) is 17.5. The molecule has 0 atom stereocenters. The molecule has 3 heterocycles. The van der Waals surface area contributed by atoms with Gasteiger partial charge in [0.2, 0.25) is 0 Å². The number of carbonyl (C=O) groups is 1. The van der Waals surface area contributed by atoms with Crippen molar-refractivity contribution in [3.8, 4) is 11.4 Å². The monoisotopic (exact) mass is 401 g/mol. The molecule has 1 aliphatic rings. The van der Waals surface area contributed by atoms with Crippen molar-refractivity contribution in [2.75, 3.05) is 18.0 Å². The number of carbonyl (C=O) groups excluding carboxylic acids is 1. The molecule has 1 saturated heterocycles. The van der Waals surface area contributed by atoms with Crippen LogP contribution in [0.1, 0.15) is 41.3 Å². The Labute approximate surface area is 177 Å². The van der Waals surface area contributed by atoms with Crippen LogP contribution in [-0.4, -0.2) is 33.9 Å². The number of nitrogens with one attached hydrogen (secondary N) is 1. The molecule has 1 aromatic carbocycles. The summed E-state index contributed by atoms with van der Waals surface area (Å²) in [5, 5.41) is 3.00. The fourth-order valence-corrected chi connectivity index (χ4v) is 3.61. The van der Waals surface area contributed by atoms with Crippen LogP contribution in [0.15, 0.2) is 55.0 Å². The molecule has 1 aliphatic heterocycles. The van der Waals surface area contributed by atoms with Crippen LogP contribution in [0, 0.1) is 12.8 Å². The van der Waals surface area contributed by atoms with Gasteiger partial charge in [-0.15, -0.1) is 0 Å². The molecule has 1 N–H and O–H groups in total. The SMILES string of the molecule is Cc1ccc(-c2ncc(C(=O)NCc3ccncc3)c(N3CCC(C)CC3)n2)cc1. The summed E-state index contributed by atoms with van der Waals surface area (Å²) in [7, 11) is 0. The van der Waals surface area contributed by atoms with E-state index in [1.54, 1.807) is 18.6 Å². The predicted octanol–water partition coefficient (Wildman–Crippen LogP) is 4.01. The first-order valence-corrected chi connectivity index (χ1v) is 10.5. The van der Waals surface area contributed by atoms with Crippen molar-refractivity contribution in [2.45, 2.75) is 33.2 Å². The van der Waals surface area contributed by atoms with Gasteiger partial charge in [-0.1, -0.05) is 36.8 Å². The molecule has 1 fully saturated rings. The highest BCUT2D eigenvalue weighted by molar-refractivity contribution is 5.98. The summed E-state index contributed by atoms with van der Waals surface area (Å²) >= 11 is 0. The highest BCUT2D eigenvalue weighted by Crippen LogP contribution is 2.27. The van der Waals surface area contributed by atoms with E-state index in [1.807, 2.05) is 24.3 Å². The standard InChI is InChI=1S/C24H27N5O/c1-17-3-5-20(6-4-17)22-26-16-21(23(28-22)29-13-9-18(2)10-14-29)24(30)27-15-19-7-11-25-12-8-19/h3-8,11-12,16,18H,9-10,13-15H2,1-2H3,(H,27,30). The van der Waals surface area contributed by atoms with Crippen LogP contribution < -0.4 is 10.2 Å². The highest BCUT2D eigenvalue weighted by atomic mass is 16.1. The van der Waals surface area contributed by atoms with Gasteiger partial charge in [-0.2, -0.15) is 0 Å². The van der Waals surface area contributed by atoms with Crippen LogP contribution in [0.2, 0.25) is 0 Å². The van der Waals surface area contributed by atoms with Crippen molar-refractivity contribution >= 4 is 11.7 Å². The van der Waals surface area contributed by atoms with Crippen molar-refractivity contribution in [2.24, 2.45) is 5.92 Å². The summed E-state index contributed by atoms with van der Waals surface area (Å²) in [5.41, 5.74) is 3.67. The maximum absolute atomic E-state index is 13.0. The van der Waals surface area contributed by atoms with Gasteiger partial charge in [0, 0.05) is 43.8 Å². The van der Waals surface area contributed by atoms with Crippen LogP contribution in [-0.2, 0) is 6.54 Å². The average Bonchev–Trinajstić information content (AvgIpc) is 2.79. The van der Waals surface area contributed by atoms with E-state index in [2.05, 4.69) is 46.2 Å². The molecule has 0 bridgehead atoms. The van der Waals surface area contributed by atoms with Gasteiger partial charge in [0.1, 0.15) is 11.4 Å². The van der Waals surface area contributed by atoms with Gasteiger partial charge in [-0.3, -0.25) is 9.78 Å². The number of aromatic nitrogens is 3. The van der Waals surface area contributed by atoms with Crippen molar-refractivity contribution in [1.82, 2.24) is 20.3 Å². The summed E-state index contributed by atoms with van der Waals surface area (Å²) in [4.78, 5) is 28.6. The minimum atomic E-state index is -0.157. The number of benzene rings is 1. The van der Waals surface area contributed by atoms with Crippen molar-refractivity contribution < 1.29 is 4.79 Å². The van der Waals surface area contributed by atoms with E-state index in [4.69, 9.17) is 4.98 Å². The van der Waals surface area contributed by atoms with Crippen LogP contribution >= 0.6 is 0 Å². The topological polar surface area (TPSA) is 71.0 Å². The van der Waals surface area contributed by atoms with Crippen LogP contribution in [0.4, 0.5) is 5.82 Å². The molecular weight excluding hydrogens is 374 g/mol. The van der Waals surface area contributed by atoms with E-state index in [9.17, 15) is 4.79 Å². The summed E-state index contributed by atoms with van der Waals surface area (Å²) in [5.74, 6) is 1.91. The maximum Gasteiger partial charge on any atom is 0.256 e. The molecule has 30 heavy (non-hydrogen) atoms. The van der Waals surface area contributed by atoms with Gasteiger partial charge in [0.25, 0.3) is 5.91 Å². The molecule has 0 spiro atoms. The van der Waals surface area contributed by atoms with Crippen molar-refractivity contribution in [1.29, 1.82) is 0 Å². The Morgan fingerprint density at radius 3 is 2.50 bits per heavy atom. The number of hydrogen-bond acceptors (Lipinski definition) is 5. The first kappa shape index (κ1) is 20.0. The number of hydrogen-bond donors (Lipinski definition) is 1. The van der Waals surface area contributed by atoms with Gasteiger partial charge in [0.05, 0.1) is 0 Å². The summed E-state index contributed by atoms with van der Waals surface area (Å²) in [6.07, 6.45) is 7.31. The fraction of sp³-hybridized carbons (Fsp3) is 0.333. The third-order valence-electron chi connectivity index (χ3n) is 5.61. The Bertz CT molecular complexity index is 996. The summed E-state index contributed by atoms with van der Waals surface area (Å²) < 4.78 is 0. The normalized spacial score (nSPS) is 14.5. The molecule has 1 amide bonds. The van der Waals surface area contributed by atoms with Crippen LogP contribution in [0.3, 0.4) is 0 Å². The average molecular weight is 402 g/mol. The lowest BCUT2D eigenvalue weighted by atomic mass is 9.99. The number of rotatable bonds is 5. The molecule has 3 aromatic rings. The van der Waals surface area contributed by atoms with E-state index < -0.39 is 0 Å². The van der Waals surface area contributed by atoms with Gasteiger partial charge in [-0.25, -0.2) is 9.97 Å². The van der Waals surface area contributed by atoms with E-state index in [0.29, 0.717) is 23.9 Å². The summed E-state index contributed by atoms with van der Waals surface area (Å²) in [6, 6.07) is 11.9. The van der Waals surface area contributed by atoms with E-state index in [-0.39, 0.29) is 5.91 Å². The molecule has 154 valence electrons. The third kappa shape index (κ3) is 4.64. The molecular formula is C24H27N5O. The number of amides is 1. The molecule has 2 aromatic heterocycles. The van der Waals surface area contributed by atoms with Gasteiger partial charge >= 0.3 is 0 Å².